The Labute approximate surface area is 259 Å². The Hall–Kier alpha value is -5.01. The molecule has 2 aromatic heterocycles. The van der Waals surface area contributed by atoms with Crippen molar-refractivity contribution in [2.45, 2.75) is 52.7 Å². The van der Waals surface area contributed by atoms with Gasteiger partial charge in [0.2, 0.25) is 5.91 Å². The van der Waals surface area contributed by atoms with Crippen LogP contribution in [0.1, 0.15) is 44.9 Å². The molecule has 2 heterocycles. The van der Waals surface area contributed by atoms with Gasteiger partial charge in [0.05, 0.1) is 30.3 Å². The van der Waals surface area contributed by atoms with Gasteiger partial charge < -0.3 is 25.0 Å². The van der Waals surface area contributed by atoms with Gasteiger partial charge in [-0.1, -0.05) is 26.8 Å². The Balaban J connectivity index is 1.92. The van der Waals surface area contributed by atoms with E-state index in [0.717, 1.165) is 20.2 Å². The lowest BCUT2D eigenvalue weighted by molar-refractivity contribution is -0.125. The van der Waals surface area contributed by atoms with Gasteiger partial charge in [0.25, 0.3) is 11.5 Å². The fraction of sp³-hybridized carbons (Fsp3) is 0.419. The highest BCUT2D eigenvalue weighted by Crippen LogP contribution is 2.30. The largest absolute Gasteiger partial charge is 0.464 e. The highest BCUT2D eigenvalue weighted by molar-refractivity contribution is 5.95. The van der Waals surface area contributed by atoms with Crippen LogP contribution in [0.4, 0.5) is 19.7 Å². The predicted octanol–water partition coefficient (Wildman–Crippen LogP) is 3.93. The second-order valence-electron chi connectivity index (χ2n) is 12.2. The number of likely N-dealkylation sites (N-methyl/N-ethyl adjacent to an activating group) is 1. The first kappa shape index (κ1) is 34.5. The molecule has 0 aliphatic heterocycles. The first-order chi connectivity index (χ1) is 21.0. The molecule has 2 N–H and O–H groups in total. The summed E-state index contributed by atoms with van der Waals surface area (Å²) in [5, 5.41) is 12.9. The molecule has 3 aromatic rings. The molecule has 0 fully saturated rings. The quantitative estimate of drug-likeness (QED) is 0.321. The molecule has 1 aromatic carbocycles. The molecule has 14 heteroatoms. The van der Waals surface area contributed by atoms with E-state index in [-0.39, 0.29) is 42.1 Å². The zero-order chi connectivity index (χ0) is 33.6. The molecule has 0 aliphatic carbocycles. The number of ether oxygens (including phenoxy) is 1. The minimum Gasteiger partial charge on any atom is -0.464 e. The van der Waals surface area contributed by atoms with Crippen molar-refractivity contribution in [2.75, 3.05) is 33.5 Å². The Kier molecular flexibility index (Phi) is 10.9. The number of fused-ring (bicyclic) bond motifs is 1. The molecule has 3 rings (SSSR count). The minimum atomic E-state index is -1.31. The highest BCUT2D eigenvalue weighted by atomic mass is 19.1. The average molecular weight is 627 g/mol. The van der Waals surface area contributed by atoms with E-state index in [1.165, 1.54) is 49.6 Å². The summed E-state index contributed by atoms with van der Waals surface area (Å²) in [4.78, 5) is 69.6. The molecule has 3 amide bonds. The van der Waals surface area contributed by atoms with Crippen molar-refractivity contribution in [3.05, 3.63) is 70.3 Å². The molecule has 0 spiro atoms. The number of allylic oxidation sites excluding steroid dienone is 1. The molecule has 45 heavy (non-hydrogen) atoms. The molecule has 0 saturated carbocycles. The standard InChI is InChI=1S/C31H39FN6O7/c1-31(2,3)15-20-13-21(32)12-19-14-22(38(26(19)20)29(42)43)17-37-18-33-16-23(28(37)41)34-27(40)24(45-30(44)36(6)7)10-8-9-11-25(39)35(4)5/h9,11-14,16,18,24H,8,10,15,17H2,1-7H3,(H,34,40)(H,42,43)/b11-9+. The fourth-order valence-corrected chi connectivity index (χ4v) is 4.58. The second-order valence-corrected chi connectivity index (χ2v) is 12.2. The minimum absolute atomic E-state index is 0.0171. The number of halogens is 1. The lowest BCUT2D eigenvalue weighted by Gasteiger charge is -2.20. The van der Waals surface area contributed by atoms with Crippen LogP contribution < -0.4 is 10.9 Å². The first-order valence-corrected chi connectivity index (χ1v) is 14.2. The van der Waals surface area contributed by atoms with Gasteiger partial charge in [-0.05, 0) is 54.5 Å². The maximum atomic E-state index is 14.5. The van der Waals surface area contributed by atoms with Crippen LogP contribution >= 0.6 is 0 Å². The Bertz CT molecular complexity index is 1680. The third-order valence-electron chi connectivity index (χ3n) is 6.62. The molecule has 0 radical (unpaired) electrons. The van der Waals surface area contributed by atoms with Crippen LogP contribution in [0, 0.1) is 11.2 Å². The van der Waals surface area contributed by atoms with E-state index < -0.39 is 35.6 Å². The van der Waals surface area contributed by atoms with E-state index in [4.69, 9.17) is 4.74 Å². The van der Waals surface area contributed by atoms with Crippen molar-refractivity contribution in [2.24, 2.45) is 5.41 Å². The van der Waals surface area contributed by atoms with E-state index in [1.807, 2.05) is 20.8 Å². The Morgan fingerprint density at radius 2 is 1.80 bits per heavy atom. The number of nitrogens with one attached hydrogen (secondary N) is 1. The Morgan fingerprint density at radius 1 is 1.11 bits per heavy atom. The number of aromatic nitrogens is 3. The van der Waals surface area contributed by atoms with Crippen LogP contribution in [0.3, 0.4) is 0 Å². The molecule has 1 atom stereocenters. The number of hydrogen-bond acceptors (Lipinski definition) is 7. The number of rotatable bonds is 10. The smallest absolute Gasteiger partial charge is 0.416 e. The van der Waals surface area contributed by atoms with Gasteiger partial charge in [-0.2, -0.15) is 0 Å². The summed E-state index contributed by atoms with van der Waals surface area (Å²) in [6.45, 7) is 5.62. The van der Waals surface area contributed by atoms with Gasteiger partial charge in [0.15, 0.2) is 6.10 Å². The molecule has 0 aliphatic rings. The lowest BCUT2D eigenvalue weighted by Crippen LogP contribution is -2.37. The van der Waals surface area contributed by atoms with Crippen LogP contribution in [-0.4, -0.2) is 87.3 Å². The number of nitrogens with zero attached hydrogens (tertiary/aromatic N) is 5. The number of carbonyl (C=O) groups is 4. The highest BCUT2D eigenvalue weighted by Gasteiger charge is 2.26. The number of carbonyl (C=O) groups excluding carboxylic acids is 3. The van der Waals surface area contributed by atoms with Crippen molar-refractivity contribution in [3.63, 3.8) is 0 Å². The molecular formula is C31H39FN6O7. The maximum absolute atomic E-state index is 14.5. The van der Waals surface area contributed by atoms with Crippen molar-refractivity contribution >= 4 is 40.6 Å². The number of carboxylic acid groups (broad SMARTS) is 1. The fourth-order valence-electron chi connectivity index (χ4n) is 4.58. The molecular weight excluding hydrogens is 587 g/mol. The first-order valence-electron chi connectivity index (χ1n) is 14.2. The van der Waals surface area contributed by atoms with Gasteiger partial charge in [0.1, 0.15) is 11.5 Å². The normalized spacial score (nSPS) is 12.3. The van der Waals surface area contributed by atoms with Gasteiger partial charge >= 0.3 is 12.2 Å². The zero-order valence-corrected chi connectivity index (χ0v) is 26.5. The average Bonchev–Trinajstić information content (AvgIpc) is 3.29. The van der Waals surface area contributed by atoms with E-state index in [2.05, 4.69) is 10.3 Å². The number of benzene rings is 1. The van der Waals surface area contributed by atoms with Crippen molar-refractivity contribution in [1.82, 2.24) is 23.9 Å². The van der Waals surface area contributed by atoms with Gasteiger partial charge in [-0.3, -0.25) is 19.0 Å². The van der Waals surface area contributed by atoms with Crippen LogP contribution in [0.25, 0.3) is 10.9 Å². The molecule has 0 saturated heterocycles. The summed E-state index contributed by atoms with van der Waals surface area (Å²) in [5.74, 6) is -1.56. The third kappa shape index (κ3) is 9.00. The summed E-state index contributed by atoms with van der Waals surface area (Å²) in [6, 6.07) is 4.06. The van der Waals surface area contributed by atoms with Gasteiger partial charge in [-0.15, -0.1) is 0 Å². The van der Waals surface area contributed by atoms with E-state index >= 15 is 0 Å². The topological polar surface area (TPSA) is 156 Å². The number of hydrogen-bond donors (Lipinski definition) is 2. The van der Waals surface area contributed by atoms with E-state index in [9.17, 15) is 33.5 Å². The monoisotopic (exact) mass is 626 g/mol. The van der Waals surface area contributed by atoms with Crippen LogP contribution in [0.15, 0.2) is 47.7 Å². The second kappa shape index (κ2) is 14.2. The van der Waals surface area contributed by atoms with Gasteiger partial charge in [-0.25, -0.2) is 23.5 Å². The van der Waals surface area contributed by atoms with Gasteiger partial charge in [0, 0.05) is 33.6 Å². The van der Waals surface area contributed by atoms with Crippen molar-refractivity contribution < 1.29 is 33.4 Å². The van der Waals surface area contributed by atoms with Crippen LogP contribution in [0.2, 0.25) is 0 Å². The van der Waals surface area contributed by atoms with E-state index in [0.29, 0.717) is 22.9 Å². The maximum Gasteiger partial charge on any atom is 0.416 e. The molecule has 0 bridgehead atoms. The van der Waals surface area contributed by atoms with Crippen molar-refractivity contribution in [3.8, 4) is 0 Å². The molecule has 242 valence electrons. The summed E-state index contributed by atoms with van der Waals surface area (Å²) in [6.07, 6.45) is 2.43. The summed E-state index contributed by atoms with van der Waals surface area (Å²) in [5.41, 5.74) is -0.175. The molecule has 13 nitrogen and oxygen atoms in total. The SMILES string of the molecule is CN(C)C(=O)/C=C/CCC(OC(=O)N(C)C)C(=O)Nc1cncn(Cc2cc3cc(F)cc(CC(C)(C)C)c3n2C(=O)O)c1=O. The molecule has 1 unspecified atom stereocenters. The third-order valence-corrected chi connectivity index (χ3v) is 6.62. The summed E-state index contributed by atoms with van der Waals surface area (Å²) in [7, 11) is 6.08. The lowest BCUT2D eigenvalue weighted by atomic mass is 9.87. The summed E-state index contributed by atoms with van der Waals surface area (Å²) < 4.78 is 22.0. The summed E-state index contributed by atoms with van der Waals surface area (Å²) >= 11 is 0. The Morgan fingerprint density at radius 3 is 2.40 bits per heavy atom. The van der Waals surface area contributed by atoms with Crippen LogP contribution in [0.5, 0.6) is 0 Å². The van der Waals surface area contributed by atoms with E-state index in [1.54, 1.807) is 20.2 Å². The van der Waals surface area contributed by atoms with Crippen molar-refractivity contribution in [1.29, 1.82) is 0 Å². The van der Waals surface area contributed by atoms with Crippen LogP contribution in [-0.2, 0) is 27.3 Å². The predicted molar refractivity (Wildman–Crippen MR) is 166 cm³/mol. The zero-order valence-electron chi connectivity index (χ0n) is 26.5. The number of amides is 3. The number of anilines is 1.